The fourth-order valence-electron chi connectivity index (χ4n) is 2.38. The Morgan fingerprint density at radius 1 is 1.10 bits per heavy atom. The van der Waals surface area contributed by atoms with Gasteiger partial charge >= 0.3 is 0 Å². The first-order chi connectivity index (χ1) is 9.75. The number of carbonyl (C=O) groups excluding carboxylic acids is 1. The van der Waals surface area contributed by atoms with Crippen molar-refractivity contribution in [3.05, 3.63) is 72.2 Å². The van der Waals surface area contributed by atoms with Crippen LogP contribution in [0.3, 0.4) is 0 Å². The van der Waals surface area contributed by atoms with Crippen LogP contribution in [0.2, 0.25) is 0 Å². The summed E-state index contributed by atoms with van der Waals surface area (Å²) in [6.45, 7) is 1.99. The number of hydrogen-bond donors (Lipinski definition) is 1. The van der Waals surface area contributed by atoms with Gasteiger partial charge in [-0.15, -0.1) is 0 Å². The lowest BCUT2D eigenvalue weighted by molar-refractivity contribution is 0.0939. The maximum Gasteiger partial charge on any atom is 0.255 e. The summed E-state index contributed by atoms with van der Waals surface area (Å²) in [5.41, 5.74) is 1.65. The highest BCUT2D eigenvalue weighted by Gasteiger charge is 2.14. The molecule has 3 rings (SSSR count). The Kier molecular flexibility index (Phi) is 3.25. The van der Waals surface area contributed by atoms with E-state index in [1.165, 1.54) is 17.9 Å². The zero-order chi connectivity index (χ0) is 13.9. The van der Waals surface area contributed by atoms with Gasteiger partial charge in [0, 0.05) is 0 Å². The van der Waals surface area contributed by atoms with Gasteiger partial charge in [0.05, 0.1) is 17.9 Å². The third kappa shape index (κ3) is 2.30. The summed E-state index contributed by atoms with van der Waals surface area (Å²) < 4.78 is 4.93. The molecule has 0 spiro atoms. The van der Waals surface area contributed by atoms with Gasteiger partial charge in [0.15, 0.2) is 0 Å². The van der Waals surface area contributed by atoms with Gasteiger partial charge in [0.1, 0.15) is 6.26 Å². The minimum absolute atomic E-state index is 0.0662. The SMILES string of the molecule is C[C@@H](NC(=O)c1ccoc1)c1cccc2ccccc12. The lowest BCUT2D eigenvalue weighted by Crippen LogP contribution is -2.26. The Bertz CT molecular complexity index is 726. The summed E-state index contributed by atoms with van der Waals surface area (Å²) in [6.07, 6.45) is 2.95. The molecule has 0 aliphatic heterocycles. The molecule has 0 radical (unpaired) electrons. The van der Waals surface area contributed by atoms with Crippen LogP contribution in [-0.2, 0) is 0 Å². The Morgan fingerprint density at radius 2 is 1.90 bits per heavy atom. The molecule has 3 aromatic rings. The number of rotatable bonds is 3. The zero-order valence-electron chi connectivity index (χ0n) is 11.2. The molecule has 0 fully saturated rings. The Morgan fingerprint density at radius 3 is 2.70 bits per heavy atom. The van der Waals surface area contributed by atoms with E-state index in [0.717, 1.165) is 10.9 Å². The minimum atomic E-state index is -0.126. The van der Waals surface area contributed by atoms with Crippen molar-refractivity contribution in [2.24, 2.45) is 0 Å². The number of furan rings is 1. The van der Waals surface area contributed by atoms with Crippen molar-refractivity contribution >= 4 is 16.7 Å². The second-order valence-electron chi connectivity index (χ2n) is 4.78. The Labute approximate surface area is 117 Å². The predicted octanol–water partition coefficient (Wildman–Crippen LogP) is 3.92. The number of hydrogen-bond acceptors (Lipinski definition) is 2. The van der Waals surface area contributed by atoms with Crippen LogP contribution in [-0.4, -0.2) is 5.91 Å². The maximum absolute atomic E-state index is 12.1. The smallest absolute Gasteiger partial charge is 0.255 e. The van der Waals surface area contributed by atoms with E-state index < -0.39 is 0 Å². The van der Waals surface area contributed by atoms with E-state index in [0.29, 0.717) is 5.56 Å². The van der Waals surface area contributed by atoms with Gasteiger partial charge in [0.2, 0.25) is 0 Å². The zero-order valence-corrected chi connectivity index (χ0v) is 11.2. The topological polar surface area (TPSA) is 42.2 Å². The maximum atomic E-state index is 12.1. The molecule has 0 bridgehead atoms. The van der Waals surface area contributed by atoms with Crippen LogP contribution in [0.25, 0.3) is 10.8 Å². The van der Waals surface area contributed by atoms with Crippen molar-refractivity contribution in [1.29, 1.82) is 0 Å². The molecule has 2 aromatic carbocycles. The average Bonchev–Trinajstić information content (AvgIpc) is 3.01. The quantitative estimate of drug-likeness (QED) is 0.779. The van der Waals surface area contributed by atoms with Gasteiger partial charge in [0.25, 0.3) is 5.91 Å². The summed E-state index contributed by atoms with van der Waals surface area (Å²) in [4.78, 5) is 12.1. The number of nitrogens with one attached hydrogen (secondary N) is 1. The van der Waals surface area contributed by atoms with E-state index in [-0.39, 0.29) is 11.9 Å². The highest BCUT2D eigenvalue weighted by Crippen LogP contribution is 2.24. The summed E-state index contributed by atoms with van der Waals surface area (Å²) in [7, 11) is 0. The summed E-state index contributed by atoms with van der Waals surface area (Å²) >= 11 is 0. The lowest BCUT2D eigenvalue weighted by atomic mass is 9.99. The third-order valence-electron chi connectivity index (χ3n) is 3.42. The second-order valence-corrected chi connectivity index (χ2v) is 4.78. The molecule has 100 valence electrons. The monoisotopic (exact) mass is 265 g/mol. The first-order valence-corrected chi connectivity index (χ1v) is 6.56. The average molecular weight is 265 g/mol. The molecule has 0 unspecified atom stereocenters. The molecule has 0 aliphatic carbocycles. The highest BCUT2D eigenvalue weighted by molar-refractivity contribution is 5.94. The molecule has 1 N–H and O–H groups in total. The Hall–Kier alpha value is -2.55. The molecule has 3 heteroatoms. The summed E-state index contributed by atoms with van der Waals surface area (Å²) in [5.74, 6) is -0.126. The fraction of sp³-hybridized carbons (Fsp3) is 0.118. The molecule has 3 nitrogen and oxygen atoms in total. The second kappa shape index (κ2) is 5.21. The largest absolute Gasteiger partial charge is 0.472 e. The first kappa shape index (κ1) is 12.5. The van der Waals surface area contributed by atoms with Crippen LogP contribution in [0.1, 0.15) is 28.9 Å². The van der Waals surface area contributed by atoms with Crippen molar-refractivity contribution in [3.63, 3.8) is 0 Å². The number of amides is 1. The van der Waals surface area contributed by atoms with Gasteiger partial charge in [-0.2, -0.15) is 0 Å². The fourth-order valence-corrected chi connectivity index (χ4v) is 2.38. The van der Waals surface area contributed by atoms with Crippen LogP contribution in [0.4, 0.5) is 0 Å². The standard InChI is InChI=1S/C17H15NO2/c1-12(18-17(19)14-9-10-20-11-14)15-8-4-6-13-5-2-3-7-16(13)15/h2-12H,1H3,(H,18,19)/t12-/m1/s1. The van der Waals surface area contributed by atoms with Crippen LogP contribution in [0, 0.1) is 0 Å². The molecule has 0 saturated heterocycles. The van der Waals surface area contributed by atoms with Crippen LogP contribution in [0.5, 0.6) is 0 Å². The first-order valence-electron chi connectivity index (χ1n) is 6.56. The minimum Gasteiger partial charge on any atom is -0.472 e. The van der Waals surface area contributed by atoms with Gasteiger partial charge in [-0.3, -0.25) is 4.79 Å². The molecule has 1 aromatic heterocycles. The molecule has 1 heterocycles. The van der Waals surface area contributed by atoms with Crippen molar-refractivity contribution in [1.82, 2.24) is 5.32 Å². The molecule has 0 aliphatic rings. The van der Waals surface area contributed by atoms with E-state index in [2.05, 4.69) is 23.5 Å². The van der Waals surface area contributed by atoms with Gasteiger partial charge < -0.3 is 9.73 Å². The van der Waals surface area contributed by atoms with Crippen LogP contribution < -0.4 is 5.32 Å². The van der Waals surface area contributed by atoms with E-state index in [1.54, 1.807) is 6.07 Å². The van der Waals surface area contributed by atoms with E-state index in [1.807, 2.05) is 31.2 Å². The highest BCUT2D eigenvalue weighted by atomic mass is 16.3. The van der Waals surface area contributed by atoms with E-state index >= 15 is 0 Å². The molecule has 1 atom stereocenters. The molecule has 0 saturated carbocycles. The van der Waals surface area contributed by atoms with Gasteiger partial charge in [-0.25, -0.2) is 0 Å². The molecular weight excluding hydrogens is 250 g/mol. The van der Waals surface area contributed by atoms with Gasteiger partial charge in [-0.1, -0.05) is 42.5 Å². The summed E-state index contributed by atoms with van der Waals surface area (Å²) in [5, 5.41) is 5.33. The number of benzene rings is 2. The summed E-state index contributed by atoms with van der Waals surface area (Å²) in [6, 6.07) is 15.9. The molecule has 1 amide bonds. The normalized spacial score (nSPS) is 12.2. The number of fused-ring (bicyclic) bond motifs is 1. The van der Waals surface area contributed by atoms with Crippen molar-refractivity contribution in [2.45, 2.75) is 13.0 Å². The van der Waals surface area contributed by atoms with Crippen molar-refractivity contribution < 1.29 is 9.21 Å². The third-order valence-corrected chi connectivity index (χ3v) is 3.42. The van der Waals surface area contributed by atoms with Crippen molar-refractivity contribution in [2.75, 3.05) is 0 Å². The Balaban J connectivity index is 1.89. The van der Waals surface area contributed by atoms with E-state index in [4.69, 9.17) is 4.42 Å². The number of carbonyl (C=O) groups is 1. The van der Waals surface area contributed by atoms with E-state index in [9.17, 15) is 4.79 Å². The molecular formula is C17H15NO2. The van der Waals surface area contributed by atoms with Crippen LogP contribution >= 0.6 is 0 Å². The van der Waals surface area contributed by atoms with Crippen molar-refractivity contribution in [3.8, 4) is 0 Å². The predicted molar refractivity (Wildman–Crippen MR) is 78.5 cm³/mol. The molecule has 20 heavy (non-hydrogen) atoms. The van der Waals surface area contributed by atoms with Gasteiger partial charge in [-0.05, 0) is 29.3 Å². The van der Waals surface area contributed by atoms with Crippen LogP contribution in [0.15, 0.2) is 65.5 Å². The lowest BCUT2D eigenvalue weighted by Gasteiger charge is -2.16.